The maximum atomic E-state index is 12.7. The number of piperidine rings is 1. The number of nitriles is 1. The third kappa shape index (κ3) is 4.47. The number of carbonyl (C=O) groups is 2. The van der Waals surface area contributed by atoms with Gasteiger partial charge in [-0.25, -0.2) is 0 Å². The summed E-state index contributed by atoms with van der Waals surface area (Å²) in [5.41, 5.74) is 2.91. The van der Waals surface area contributed by atoms with Gasteiger partial charge in [-0.3, -0.25) is 9.59 Å². The normalized spacial score (nSPS) is 14.5. The van der Waals surface area contributed by atoms with Crippen LogP contribution < -0.4 is 5.32 Å². The van der Waals surface area contributed by atoms with Crippen LogP contribution >= 0.6 is 11.6 Å². The molecule has 2 aromatic rings. The first-order valence-electron chi connectivity index (χ1n) is 8.84. The van der Waals surface area contributed by atoms with Crippen molar-refractivity contribution >= 4 is 23.4 Å². The molecule has 0 bridgehead atoms. The average Bonchev–Trinajstić information content (AvgIpc) is 2.67. The maximum Gasteiger partial charge on any atom is 0.253 e. The fourth-order valence-corrected chi connectivity index (χ4v) is 3.51. The molecule has 0 atom stereocenters. The average molecular weight is 382 g/mol. The molecule has 3 rings (SSSR count). The van der Waals surface area contributed by atoms with Crippen LogP contribution in [0.15, 0.2) is 42.5 Å². The summed E-state index contributed by atoms with van der Waals surface area (Å²) in [6.07, 6.45) is 1.54. The molecular weight excluding hydrogens is 362 g/mol. The summed E-state index contributed by atoms with van der Waals surface area (Å²) in [4.78, 5) is 25.7. The van der Waals surface area contributed by atoms with Gasteiger partial charge in [0.25, 0.3) is 5.91 Å². The second-order valence-corrected chi connectivity index (χ2v) is 7.06. The molecule has 27 heavy (non-hydrogen) atoms. The van der Waals surface area contributed by atoms with E-state index in [9.17, 15) is 9.59 Å². The standard InChI is InChI=1S/C21H20ClN3O2/c1-14(26)24-19-8-10-25(11-9-19)21(27)16-4-2-15(3-5-16)17-6-7-18(13-23)20(22)12-17/h2-7,12,19H,8-11H2,1H3,(H,24,26). The van der Waals surface area contributed by atoms with E-state index in [4.69, 9.17) is 16.9 Å². The highest BCUT2D eigenvalue weighted by molar-refractivity contribution is 6.32. The van der Waals surface area contributed by atoms with Gasteiger partial charge in [-0.05, 0) is 48.2 Å². The molecule has 0 radical (unpaired) electrons. The van der Waals surface area contributed by atoms with Crippen LogP contribution in [0.5, 0.6) is 0 Å². The number of nitrogens with zero attached hydrogens (tertiary/aromatic N) is 2. The minimum Gasteiger partial charge on any atom is -0.353 e. The molecule has 0 aromatic heterocycles. The van der Waals surface area contributed by atoms with Crippen molar-refractivity contribution in [3.63, 3.8) is 0 Å². The number of carbonyl (C=O) groups excluding carboxylic acids is 2. The number of halogens is 1. The summed E-state index contributed by atoms with van der Waals surface area (Å²) in [7, 11) is 0. The SMILES string of the molecule is CC(=O)NC1CCN(C(=O)c2ccc(-c3ccc(C#N)c(Cl)c3)cc2)CC1. The van der Waals surface area contributed by atoms with Crippen molar-refractivity contribution < 1.29 is 9.59 Å². The van der Waals surface area contributed by atoms with Crippen LogP contribution in [0.1, 0.15) is 35.7 Å². The summed E-state index contributed by atoms with van der Waals surface area (Å²) in [5.74, 6) is -0.0287. The summed E-state index contributed by atoms with van der Waals surface area (Å²) in [5, 5.41) is 12.3. The molecule has 2 aromatic carbocycles. The molecule has 138 valence electrons. The molecule has 1 fully saturated rings. The van der Waals surface area contributed by atoms with Gasteiger partial charge in [0, 0.05) is 31.6 Å². The Morgan fingerprint density at radius 3 is 2.30 bits per heavy atom. The van der Waals surface area contributed by atoms with Gasteiger partial charge in [0.15, 0.2) is 0 Å². The molecule has 1 N–H and O–H groups in total. The first kappa shape index (κ1) is 18.9. The van der Waals surface area contributed by atoms with Crippen molar-refractivity contribution in [1.29, 1.82) is 5.26 Å². The van der Waals surface area contributed by atoms with Crippen LogP contribution in [0.3, 0.4) is 0 Å². The topological polar surface area (TPSA) is 73.2 Å². The smallest absolute Gasteiger partial charge is 0.253 e. The molecule has 0 saturated carbocycles. The number of likely N-dealkylation sites (tertiary alicyclic amines) is 1. The Balaban J connectivity index is 1.67. The highest BCUT2D eigenvalue weighted by atomic mass is 35.5. The number of benzene rings is 2. The van der Waals surface area contributed by atoms with E-state index in [1.807, 2.05) is 41.3 Å². The molecule has 1 aliphatic heterocycles. The van der Waals surface area contributed by atoms with Gasteiger partial charge >= 0.3 is 0 Å². The first-order chi connectivity index (χ1) is 13.0. The maximum absolute atomic E-state index is 12.7. The molecular formula is C21H20ClN3O2. The quantitative estimate of drug-likeness (QED) is 0.882. The molecule has 0 unspecified atom stereocenters. The predicted octanol–water partition coefficient (Wildman–Crippen LogP) is 3.62. The number of hydrogen-bond donors (Lipinski definition) is 1. The monoisotopic (exact) mass is 381 g/mol. The van der Waals surface area contributed by atoms with Gasteiger partial charge in [-0.1, -0.05) is 29.8 Å². The largest absolute Gasteiger partial charge is 0.353 e. The fraction of sp³-hybridized carbons (Fsp3) is 0.286. The minimum atomic E-state index is -0.0294. The lowest BCUT2D eigenvalue weighted by Crippen LogP contribution is -2.46. The summed E-state index contributed by atoms with van der Waals surface area (Å²) >= 11 is 6.10. The second-order valence-electron chi connectivity index (χ2n) is 6.65. The van der Waals surface area contributed by atoms with E-state index in [-0.39, 0.29) is 17.9 Å². The number of nitrogens with one attached hydrogen (secondary N) is 1. The number of amides is 2. The molecule has 6 heteroatoms. The summed E-state index contributed by atoms with van der Waals surface area (Å²) < 4.78 is 0. The van der Waals surface area contributed by atoms with Crippen LogP contribution in [0.2, 0.25) is 5.02 Å². The van der Waals surface area contributed by atoms with E-state index in [1.165, 1.54) is 6.92 Å². The zero-order valence-electron chi connectivity index (χ0n) is 15.0. The zero-order valence-corrected chi connectivity index (χ0v) is 15.8. The van der Waals surface area contributed by atoms with Gasteiger partial charge in [0.1, 0.15) is 6.07 Å². The Morgan fingerprint density at radius 2 is 1.74 bits per heavy atom. The van der Waals surface area contributed by atoms with E-state index in [1.54, 1.807) is 12.1 Å². The van der Waals surface area contributed by atoms with E-state index in [0.717, 1.165) is 24.0 Å². The highest BCUT2D eigenvalue weighted by Crippen LogP contribution is 2.26. The third-order valence-corrected chi connectivity index (χ3v) is 5.06. The molecule has 0 aliphatic carbocycles. The Kier molecular flexibility index (Phi) is 5.78. The lowest BCUT2D eigenvalue weighted by atomic mass is 10.0. The Bertz CT molecular complexity index is 895. The van der Waals surface area contributed by atoms with Gasteiger partial charge in [0.2, 0.25) is 5.91 Å². The molecule has 2 amide bonds. The van der Waals surface area contributed by atoms with Crippen molar-refractivity contribution in [3.05, 3.63) is 58.6 Å². The Morgan fingerprint density at radius 1 is 1.11 bits per heavy atom. The molecule has 1 aliphatic rings. The van der Waals surface area contributed by atoms with Gasteiger partial charge < -0.3 is 10.2 Å². The van der Waals surface area contributed by atoms with Crippen molar-refractivity contribution in [1.82, 2.24) is 10.2 Å². The fourth-order valence-electron chi connectivity index (χ4n) is 3.29. The van der Waals surface area contributed by atoms with Crippen molar-refractivity contribution in [3.8, 4) is 17.2 Å². The highest BCUT2D eigenvalue weighted by Gasteiger charge is 2.24. The van der Waals surface area contributed by atoms with Crippen molar-refractivity contribution in [2.24, 2.45) is 0 Å². The Hall–Kier alpha value is -2.84. The van der Waals surface area contributed by atoms with E-state index in [0.29, 0.717) is 29.2 Å². The van der Waals surface area contributed by atoms with E-state index >= 15 is 0 Å². The number of rotatable bonds is 3. The van der Waals surface area contributed by atoms with Crippen LogP contribution in [0, 0.1) is 11.3 Å². The first-order valence-corrected chi connectivity index (χ1v) is 9.22. The van der Waals surface area contributed by atoms with Gasteiger partial charge in [0.05, 0.1) is 10.6 Å². The van der Waals surface area contributed by atoms with Crippen LogP contribution in [-0.2, 0) is 4.79 Å². The summed E-state index contributed by atoms with van der Waals surface area (Å²) in [6, 6.07) is 14.9. The third-order valence-electron chi connectivity index (χ3n) is 4.74. The summed E-state index contributed by atoms with van der Waals surface area (Å²) in [6.45, 7) is 2.79. The molecule has 1 saturated heterocycles. The van der Waals surface area contributed by atoms with Crippen LogP contribution in [-0.4, -0.2) is 35.8 Å². The van der Waals surface area contributed by atoms with Gasteiger partial charge in [-0.2, -0.15) is 5.26 Å². The van der Waals surface area contributed by atoms with Gasteiger partial charge in [-0.15, -0.1) is 0 Å². The van der Waals surface area contributed by atoms with E-state index < -0.39 is 0 Å². The lowest BCUT2D eigenvalue weighted by molar-refractivity contribution is -0.119. The minimum absolute atomic E-state index is 0.000635. The second kappa shape index (κ2) is 8.24. The lowest BCUT2D eigenvalue weighted by Gasteiger charge is -2.32. The number of hydrogen-bond acceptors (Lipinski definition) is 3. The molecule has 0 spiro atoms. The van der Waals surface area contributed by atoms with Crippen LogP contribution in [0.25, 0.3) is 11.1 Å². The van der Waals surface area contributed by atoms with Crippen LogP contribution in [0.4, 0.5) is 0 Å². The molecule has 1 heterocycles. The zero-order chi connectivity index (χ0) is 19.4. The predicted molar refractivity (Wildman–Crippen MR) is 104 cm³/mol. The van der Waals surface area contributed by atoms with Crippen molar-refractivity contribution in [2.75, 3.05) is 13.1 Å². The van der Waals surface area contributed by atoms with E-state index in [2.05, 4.69) is 5.32 Å². The Labute approximate surface area is 163 Å². The van der Waals surface area contributed by atoms with Crippen molar-refractivity contribution in [2.45, 2.75) is 25.8 Å². The molecule has 5 nitrogen and oxygen atoms in total.